The minimum absolute atomic E-state index is 0.669. The molecule has 2 aromatic rings. The lowest BCUT2D eigenvalue weighted by molar-refractivity contribution is 0.754. The summed E-state index contributed by atoms with van der Waals surface area (Å²) in [6, 6.07) is 9.64. The van der Waals surface area contributed by atoms with Crippen LogP contribution in [0.25, 0.3) is 11.3 Å². The first kappa shape index (κ1) is 12.0. The lowest BCUT2D eigenvalue weighted by Gasteiger charge is -2.06. The van der Waals surface area contributed by atoms with E-state index in [1.54, 1.807) is 0 Å². The van der Waals surface area contributed by atoms with E-state index < -0.39 is 0 Å². The van der Waals surface area contributed by atoms with Crippen LogP contribution in [0.3, 0.4) is 0 Å². The highest BCUT2D eigenvalue weighted by atomic mass is 35.5. The predicted molar refractivity (Wildman–Crippen MR) is 70.0 cm³/mol. The smallest absolute Gasteiger partial charge is 0.143 e. The van der Waals surface area contributed by atoms with Gasteiger partial charge in [0.15, 0.2) is 0 Å². The van der Waals surface area contributed by atoms with Crippen LogP contribution in [-0.4, -0.2) is 17.0 Å². The first-order valence-electron chi connectivity index (χ1n) is 5.44. The van der Waals surface area contributed by atoms with Crippen molar-refractivity contribution in [2.75, 3.05) is 7.05 Å². The largest absolute Gasteiger partial charge is 0.313 e. The summed E-state index contributed by atoms with van der Waals surface area (Å²) in [4.78, 5) is 8.87. The summed E-state index contributed by atoms with van der Waals surface area (Å²) >= 11 is 5.87. The molecule has 17 heavy (non-hydrogen) atoms. The number of hydrogen-bond acceptors (Lipinski definition) is 3. The Kier molecular flexibility index (Phi) is 3.71. The maximum absolute atomic E-state index is 5.87. The molecule has 0 spiro atoms. The van der Waals surface area contributed by atoms with Crippen LogP contribution in [-0.2, 0) is 6.54 Å². The van der Waals surface area contributed by atoms with Crippen molar-refractivity contribution in [3.05, 3.63) is 46.9 Å². The Balaban J connectivity index is 2.40. The molecule has 0 aliphatic carbocycles. The number of rotatable bonds is 3. The normalized spacial score (nSPS) is 10.5. The Labute approximate surface area is 106 Å². The van der Waals surface area contributed by atoms with Gasteiger partial charge in [0.1, 0.15) is 5.82 Å². The number of hydrogen-bond donors (Lipinski definition) is 1. The van der Waals surface area contributed by atoms with Crippen molar-refractivity contribution in [2.24, 2.45) is 0 Å². The average Bonchev–Trinajstić information content (AvgIpc) is 2.29. The van der Waals surface area contributed by atoms with Gasteiger partial charge >= 0.3 is 0 Å². The number of aryl methyl sites for hydroxylation is 1. The quantitative estimate of drug-likeness (QED) is 0.906. The van der Waals surface area contributed by atoms with E-state index in [0.717, 1.165) is 27.8 Å². The highest BCUT2D eigenvalue weighted by Crippen LogP contribution is 2.20. The molecule has 0 unspecified atom stereocenters. The molecule has 3 nitrogen and oxygen atoms in total. The maximum atomic E-state index is 5.87. The zero-order valence-corrected chi connectivity index (χ0v) is 10.6. The second-order valence-electron chi connectivity index (χ2n) is 3.85. The van der Waals surface area contributed by atoms with Gasteiger partial charge in [-0.3, -0.25) is 0 Å². The van der Waals surface area contributed by atoms with Crippen LogP contribution in [0.5, 0.6) is 0 Å². The van der Waals surface area contributed by atoms with Crippen LogP contribution in [0.1, 0.15) is 11.5 Å². The van der Waals surface area contributed by atoms with Crippen LogP contribution >= 0.6 is 11.6 Å². The zero-order valence-electron chi connectivity index (χ0n) is 9.87. The van der Waals surface area contributed by atoms with E-state index >= 15 is 0 Å². The number of nitrogens with one attached hydrogen (secondary N) is 1. The van der Waals surface area contributed by atoms with Crippen LogP contribution < -0.4 is 5.32 Å². The molecule has 1 aromatic heterocycles. The molecule has 0 saturated carbocycles. The number of halogens is 1. The lowest BCUT2D eigenvalue weighted by Crippen LogP contribution is -2.10. The SMILES string of the molecule is CNCc1nc(C)cc(-c2ccc(Cl)cc2)n1. The summed E-state index contributed by atoms with van der Waals surface area (Å²) in [5, 5.41) is 3.78. The van der Waals surface area contributed by atoms with Crippen molar-refractivity contribution in [1.82, 2.24) is 15.3 Å². The molecular weight excluding hydrogens is 234 g/mol. The summed E-state index contributed by atoms with van der Waals surface area (Å²) in [7, 11) is 1.88. The Bertz CT molecular complexity index is 509. The van der Waals surface area contributed by atoms with Gasteiger partial charge in [0.2, 0.25) is 0 Å². The molecule has 1 heterocycles. The summed E-state index contributed by atoms with van der Waals surface area (Å²) in [5.41, 5.74) is 2.95. The highest BCUT2D eigenvalue weighted by molar-refractivity contribution is 6.30. The van der Waals surface area contributed by atoms with E-state index in [9.17, 15) is 0 Å². The van der Waals surface area contributed by atoms with Gasteiger partial charge in [-0.05, 0) is 32.2 Å². The van der Waals surface area contributed by atoms with E-state index in [1.165, 1.54) is 0 Å². The fourth-order valence-electron chi connectivity index (χ4n) is 1.64. The van der Waals surface area contributed by atoms with Gasteiger partial charge in [-0.25, -0.2) is 9.97 Å². The summed E-state index contributed by atoms with van der Waals surface area (Å²) < 4.78 is 0. The Morgan fingerprint density at radius 3 is 2.53 bits per heavy atom. The molecule has 0 amide bonds. The maximum Gasteiger partial charge on any atom is 0.143 e. The van der Waals surface area contributed by atoms with Crippen molar-refractivity contribution < 1.29 is 0 Å². The lowest BCUT2D eigenvalue weighted by atomic mass is 10.1. The number of benzene rings is 1. The number of nitrogens with zero attached hydrogens (tertiary/aromatic N) is 2. The van der Waals surface area contributed by atoms with Gasteiger partial charge in [-0.15, -0.1) is 0 Å². The number of aromatic nitrogens is 2. The van der Waals surface area contributed by atoms with E-state index in [4.69, 9.17) is 11.6 Å². The minimum atomic E-state index is 0.669. The predicted octanol–water partition coefficient (Wildman–Crippen LogP) is 2.82. The highest BCUT2D eigenvalue weighted by Gasteiger charge is 2.04. The Morgan fingerprint density at radius 1 is 1.18 bits per heavy atom. The van der Waals surface area contributed by atoms with Gasteiger partial charge in [0, 0.05) is 16.3 Å². The van der Waals surface area contributed by atoms with E-state index in [1.807, 2.05) is 44.3 Å². The van der Waals surface area contributed by atoms with Crippen LogP contribution in [0, 0.1) is 6.92 Å². The Hall–Kier alpha value is -1.45. The first-order chi connectivity index (χ1) is 8.19. The molecule has 0 aliphatic rings. The fraction of sp³-hybridized carbons (Fsp3) is 0.231. The van der Waals surface area contributed by atoms with Crippen molar-refractivity contribution in [3.63, 3.8) is 0 Å². The molecule has 0 saturated heterocycles. The van der Waals surface area contributed by atoms with Gasteiger partial charge in [-0.2, -0.15) is 0 Å². The molecule has 1 N–H and O–H groups in total. The van der Waals surface area contributed by atoms with Crippen LogP contribution in [0.15, 0.2) is 30.3 Å². The van der Waals surface area contributed by atoms with Crippen molar-refractivity contribution in [1.29, 1.82) is 0 Å². The third-order valence-electron chi connectivity index (χ3n) is 2.38. The van der Waals surface area contributed by atoms with Crippen molar-refractivity contribution in [2.45, 2.75) is 13.5 Å². The molecular formula is C13H14ClN3. The van der Waals surface area contributed by atoms with Crippen LogP contribution in [0.4, 0.5) is 0 Å². The second-order valence-corrected chi connectivity index (χ2v) is 4.28. The molecule has 0 atom stereocenters. The second kappa shape index (κ2) is 5.25. The first-order valence-corrected chi connectivity index (χ1v) is 5.82. The minimum Gasteiger partial charge on any atom is -0.313 e. The standard InChI is InChI=1S/C13H14ClN3/c1-9-7-12(17-13(16-9)8-15-2)10-3-5-11(14)6-4-10/h3-7,15H,8H2,1-2H3. The Morgan fingerprint density at radius 2 is 1.88 bits per heavy atom. The van der Waals surface area contributed by atoms with Gasteiger partial charge in [-0.1, -0.05) is 23.7 Å². The molecule has 1 aromatic carbocycles. The summed E-state index contributed by atoms with van der Waals surface area (Å²) in [6.45, 7) is 2.64. The van der Waals surface area contributed by atoms with Gasteiger partial charge in [0.05, 0.1) is 12.2 Å². The van der Waals surface area contributed by atoms with Crippen molar-refractivity contribution >= 4 is 11.6 Å². The zero-order chi connectivity index (χ0) is 12.3. The molecule has 0 fully saturated rings. The van der Waals surface area contributed by atoms with Gasteiger partial charge in [0.25, 0.3) is 0 Å². The monoisotopic (exact) mass is 247 g/mol. The molecule has 2 rings (SSSR count). The molecule has 88 valence electrons. The van der Waals surface area contributed by atoms with E-state index in [-0.39, 0.29) is 0 Å². The van der Waals surface area contributed by atoms with E-state index in [0.29, 0.717) is 6.54 Å². The summed E-state index contributed by atoms with van der Waals surface area (Å²) in [5.74, 6) is 0.803. The van der Waals surface area contributed by atoms with Gasteiger partial charge < -0.3 is 5.32 Å². The topological polar surface area (TPSA) is 37.8 Å². The third kappa shape index (κ3) is 3.02. The van der Waals surface area contributed by atoms with Crippen molar-refractivity contribution in [3.8, 4) is 11.3 Å². The molecule has 0 bridgehead atoms. The fourth-order valence-corrected chi connectivity index (χ4v) is 1.76. The van der Waals surface area contributed by atoms with Crippen LogP contribution in [0.2, 0.25) is 5.02 Å². The molecule has 0 aliphatic heterocycles. The molecule has 4 heteroatoms. The average molecular weight is 248 g/mol. The summed E-state index contributed by atoms with van der Waals surface area (Å²) in [6.07, 6.45) is 0. The van der Waals surface area contributed by atoms with E-state index in [2.05, 4.69) is 15.3 Å². The molecule has 0 radical (unpaired) electrons. The third-order valence-corrected chi connectivity index (χ3v) is 2.63.